The Morgan fingerprint density at radius 1 is 1.54 bits per heavy atom. The summed E-state index contributed by atoms with van der Waals surface area (Å²) >= 11 is 11.2. The molecule has 0 bridgehead atoms. The van der Waals surface area contributed by atoms with Crippen LogP contribution in [0.5, 0.6) is 0 Å². The first-order valence-corrected chi connectivity index (χ1v) is 5.35. The lowest BCUT2D eigenvalue weighted by Crippen LogP contribution is -2.63. The summed E-state index contributed by atoms with van der Waals surface area (Å²) in [6.45, 7) is 2.16. The van der Waals surface area contributed by atoms with Crippen LogP contribution in [-0.4, -0.2) is 35.2 Å². The Morgan fingerprint density at radius 2 is 2.15 bits per heavy atom. The maximum Gasteiger partial charge on any atom is 0.0928 e. The maximum atomic E-state index is 9.97. The van der Waals surface area contributed by atoms with Gasteiger partial charge in [0.15, 0.2) is 0 Å². The van der Waals surface area contributed by atoms with Crippen molar-refractivity contribution in [1.29, 1.82) is 0 Å². The van der Waals surface area contributed by atoms with Gasteiger partial charge in [0.1, 0.15) is 0 Å². The largest absolute Gasteiger partial charge is 0.387 e. The molecule has 1 aliphatic carbocycles. The predicted molar refractivity (Wildman–Crippen MR) is 53.9 cm³/mol. The fourth-order valence-electron chi connectivity index (χ4n) is 1.97. The Bertz CT molecular complexity index is 232. The second kappa shape index (κ2) is 3.43. The number of likely N-dealkylation sites (tertiary alicyclic amines) is 1. The number of nitrogens with zero attached hydrogens (tertiary/aromatic N) is 1. The number of aliphatic hydroxyl groups is 1. The van der Waals surface area contributed by atoms with E-state index in [0.717, 1.165) is 13.1 Å². The third-order valence-electron chi connectivity index (χ3n) is 2.83. The number of hydrogen-bond donors (Lipinski definition) is 1. The average molecular weight is 222 g/mol. The molecule has 0 radical (unpaired) electrons. The molecule has 0 aromatic heterocycles. The van der Waals surface area contributed by atoms with Crippen LogP contribution in [0, 0.1) is 5.92 Å². The Kier molecular flexibility index (Phi) is 2.58. The van der Waals surface area contributed by atoms with E-state index in [1.54, 1.807) is 0 Å². The summed E-state index contributed by atoms with van der Waals surface area (Å²) in [7, 11) is 0. The monoisotopic (exact) mass is 221 g/mol. The van der Waals surface area contributed by atoms with Crippen LogP contribution in [0.2, 0.25) is 0 Å². The van der Waals surface area contributed by atoms with Crippen LogP contribution < -0.4 is 0 Å². The van der Waals surface area contributed by atoms with Gasteiger partial charge in [-0.05, 0) is 18.8 Å². The van der Waals surface area contributed by atoms with Crippen molar-refractivity contribution in [3.05, 3.63) is 10.6 Å². The number of rotatable bonds is 3. The van der Waals surface area contributed by atoms with Gasteiger partial charge in [0, 0.05) is 30.2 Å². The topological polar surface area (TPSA) is 23.5 Å². The molecule has 2 rings (SSSR count). The van der Waals surface area contributed by atoms with Gasteiger partial charge in [0.05, 0.1) is 5.60 Å². The third-order valence-corrected chi connectivity index (χ3v) is 3.43. The van der Waals surface area contributed by atoms with E-state index in [0.29, 0.717) is 17.5 Å². The van der Waals surface area contributed by atoms with Crippen LogP contribution in [0.1, 0.15) is 12.8 Å². The van der Waals surface area contributed by atoms with Gasteiger partial charge in [0.2, 0.25) is 0 Å². The molecule has 0 aromatic rings. The summed E-state index contributed by atoms with van der Waals surface area (Å²) < 4.78 is 0. The zero-order chi connectivity index (χ0) is 9.47. The lowest BCUT2D eigenvalue weighted by Gasteiger charge is -2.47. The van der Waals surface area contributed by atoms with Crippen LogP contribution >= 0.6 is 23.2 Å². The van der Waals surface area contributed by atoms with E-state index in [2.05, 4.69) is 4.90 Å². The molecular formula is C9H13Cl2NO. The Morgan fingerprint density at radius 3 is 2.62 bits per heavy atom. The third kappa shape index (κ3) is 2.01. The first-order valence-electron chi connectivity index (χ1n) is 4.53. The predicted octanol–water partition coefficient (Wildman–Crippen LogP) is 1.76. The molecule has 13 heavy (non-hydrogen) atoms. The van der Waals surface area contributed by atoms with E-state index >= 15 is 0 Å². The van der Waals surface area contributed by atoms with Gasteiger partial charge in [-0.2, -0.15) is 0 Å². The first kappa shape index (κ1) is 9.78. The van der Waals surface area contributed by atoms with Crippen molar-refractivity contribution < 1.29 is 5.11 Å². The van der Waals surface area contributed by atoms with Crippen molar-refractivity contribution in [2.75, 3.05) is 19.6 Å². The van der Waals surface area contributed by atoms with Crippen molar-refractivity contribution in [2.45, 2.75) is 18.4 Å². The molecule has 2 nitrogen and oxygen atoms in total. The molecule has 1 saturated carbocycles. The molecular weight excluding hydrogens is 209 g/mol. The van der Waals surface area contributed by atoms with Crippen LogP contribution in [0.3, 0.4) is 0 Å². The zero-order valence-corrected chi connectivity index (χ0v) is 8.85. The van der Waals surface area contributed by atoms with Gasteiger partial charge < -0.3 is 5.11 Å². The number of halogens is 2. The Labute approximate surface area is 88.1 Å². The zero-order valence-electron chi connectivity index (χ0n) is 7.34. The fraction of sp³-hybridized carbons (Fsp3) is 0.778. The molecule has 0 amide bonds. The first-order chi connectivity index (χ1) is 6.14. The SMILES string of the molecule is OC1(C2CC2)CN(C/C(Cl)=C/Cl)C1. The molecule has 1 saturated heterocycles. The summed E-state index contributed by atoms with van der Waals surface area (Å²) in [5.41, 5.74) is 0.972. The molecule has 0 unspecified atom stereocenters. The molecule has 1 N–H and O–H groups in total. The lowest BCUT2D eigenvalue weighted by atomic mass is 9.89. The molecule has 0 aromatic carbocycles. The van der Waals surface area contributed by atoms with Gasteiger partial charge in [-0.15, -0.1) is 0 Å². The average Bonchev–Trinajstić information content (AvgIpc) is 2.83. The highest BCUT2D eigenvalue weighted by atomic mass is 35.5. The number of β-amino-alcohol motifs (C(OH)–C–C–N with tert-alkyl or cyclic N) is 1. The molecule has 4 heteroatoms. The van der Waals surface area contributed by atoms with Gasteiger partial charge in [0.25, 0.3) is 0 Å². The summed E-state index contributed by atoms with van der Waals surface area (Å²) in [4.78, 5) is 2.11. The van der Waals surface area contributed by atoms with Gasteiger partial charge in [-0.25, -0.2) is 0 Å². The molecule has 0 spiro atoms. The Hall–Kier alpha value is 0.240. The smallest absolute Gasteiger partial charge is 0.0928 e. The Balaban J connectivity index is 1.77. The lowest BCUT2D eigenvalue weighted by molar-refractivity contribution is -0.108. The van der Waals surface area contributed by atoms with Crippen LogP contribution in [0.4, 0.5) is 0 Å². The second-order valence-electron chi connectivity index (χ2n) is 4.08. The fourth-order valence-corrected chi connectivity index (χ4v) is 2.20. The highest BCUT2D eigenvalue weighted by molar-refractivity contribution is 6.36. The van der Waals surface area contributed by atoms with Gasteiger partial charge in [-0.1, -0.05) is 23.2 Å². The van der Waals surface area contributed by atoms with Crippen molar-refractivity contribution in [3.8, 4) is 0 Å². The summed E-state index contributed by atoms with van der Waals surface area (Å²) in [5, 5.41) is 10.6. The van der Waals surface area contributed by atoms with Crippen LogP contribution in [-0.2, 0) is 0 Å². The van der Waals surface area contributed by atoms with E-state index < -0.39 is 5.60 Å². The highest BCUT2D eigenvalue weighted by Crippen LogP contribution is 2.44. The molecule has 74 valence electrons. The summed E-state index contributed by atoms with van der Waals surface area (Å²) in [6.07, 6.45) is 2.37. The van der Waals surface area contributed by atoms with E-state index in [9.17, 15) is 5.11 Å². The summed E-state index contributed by atoms with van der Waals surface area (Å²) in [6, 6.07) is 0. The summed E-state index contributed by atoms with van der Waals surface area (Å²) in [5.74, 6) is 0.544. The van der Waals surface area contributed by atoms with Gasteiger partial charge >= 0.3 is 0 Å². The minimum atomic E-state index is -0.413. The molecule has 1 heterocycles. The van der Waals surface area contributed by atoms with Gasteiger partial charge in [-0.3, -0.25) is 4.90 Å². The van der Waals surface area contributed by atoms with Crippen molar-refractivity contribution in [3.63, 3.8) is 0 Å². The maximum absolute atomic E-state index is 9.97. The molecule has 2 aliphatic rings. The van der Waals surface area contributed by atoms with Crippen molar-refractivity contribution >= 4 is 23.2 Å². The van der Waals surface area contributed by atoms with E-state index in [-0.39, 0.29) is 0 Å². The van der Waals surface area contributed by atoms with Crippen LogP contribution in [0.25, 0.3) is 0 Å². The van der Waals surface area contributed by atoms with E-state index in [1.165, 1.54) is 18.4 Å². The van der Waals surface area contributed by atoms with E-state index in [4.69, 9.17) is 23.2 Å². The molecule has 1 aliphatic heterocycles. The van der Waals surface area contributed by atoms with Crippen molar-refractivity contribution in [2.24, 2.45) is 5.92 Å². The highest BCUT2D eigenvalue weighted by Gasteiger charge is 2.51. The van der Waals surface area contributed by atoms with Crippen molar-refractivity contribution in [1.82, 2.24) is 4.90 Å². The second-order valence-corrected chi connectivity index (χ2v) is 4.78. The molecule has 2 fully saturated rings. The standard InChI is InChI=1S/C9H13Cl2NO/c10-3-8(11)4-12-5-9(13,6-12)7-1-2-7/h3,7,13H,1-2,4-6H2/b8-3-. The van der Waals surface area contributed by atoms with E-state index in [1.807, 2.05) is 0 Å². The minimum absolute atomic E-state index is 0.413. The normalized spacial score (nSPS) is 28.7. The van der Waals surface area contributed by atoms with Crippen LogP contribution in [0.15, 0.2) is 10.6 Å². The minimum Gasteiger partial charge on any atom is -0.387 e. The molecule has 0 atom stereocenters. The number of hydrogen-bond acceptors (Lipinski definition) is 2. The quantitative estimate of drug-likeness (QED) is 0.786.